The maximum Gasteiger partial charge on any atom is 0.409 e. The van der Waals surface area contributed by atoms with Crippen LogP contribution >= 0.6 is 0 Å². The van der Waals surface area contributed by atoms with Crippen LogP contribution in [-0.4, -0.2) is 68.2 Å². The summed E-state index contributed by atoms with van der Waals surface area (Å²) in [6.07, 6.45) is 2.67. The molecule has 5 rings (SSSR count). The molecule has 32 heavy (non-hydrogen) atoms. The molecule has 168 valence electrons. The van der Waals surface area contributed by atoms with E-state index in [1.165, 1.54) is 12.7 Å². The first-order chi connectivity index (χ1) is 15.6. The Kier molecular flexibility index (Phi) is 5.53. The maximum absolute atomic E-state index is 13.5. The molecule has 0 N–H and O–H groups in total. The van der Waals surface area contributed by atoms with Crippen LogP contribution in [0, 0.1) is 0 Å². The van der Waals surface area contributed by atoms with Gasteiger partial charge in [-0.15, -0.1) is 0 Å². The number of carbonyl (C=O) groups excluding carboxylic acids is 2. The topological polar surface area (TPSA) is 53.1 Å². The van der Waals surface area contributed by atoms with Crippen molar-refractivity contribution in [3.63, 3.8) is 0 Å². The fraction of sp³-hybridized carbons (Fsp3) is 0.462. The molecule has 2 aromatic carbocycles. The van der Waals surface area contributed by atoms with E-state index >= 15 is 0 Å². The van der Waals surface area contributed by atoms with Gasteiger partial charge >= 0.3 is 6.09 Å². The number of benzene rings is 2. The molecule has 0 radical (unpaired) electrons. The van der Waals surface area contributed by atoms with Crippen molar-refractivity contribution < 1.29 is 14.3 Å². The third-order valence-electron chi connectivity index (χ3n) is 7.40. The molecular formula is C26H31N3O3. The highest BCUT2D eigenvalue weighted by Gasteiger charge is 2.53. The van der Waals surface area contributed by atoms with Gasteiger partial charge in [0.15, 0.2) is 0 Å². The number of methoxy groups -OCH3 is 1. The van der Waals surface area contributed by atoms with Gasteiger partial charge < -0.3 is 19.4 Å². The highest BCUT2D eigenvalue weighted by molar-refractivity contribution is 5.91. The molecule has 0 aromatic heterocycles. The van der Waals surface area contributed by atoms with E-state index in [0.29, 0.717) is 24.9 Å². The second kappa shape index (κ2) is 8.49. The van der Waals surface area contributed by atoms with Gasteiger partial charge in [-0.2, -0.15) is 0 Å². The SMILES string of the molecule is COC(=O)N1CCN(c2ccc(C3(C(=O)N4CCC(c5ccccc5)C4)CC3)cc2)CC1. The lowest BCUT2D eigenvalue weighted by Crippen LogP contribution is -2.48. The smallest absolute Gasteiger partial charge is 0.409 e. The van der Waals surface area contributed by atoms with Crippen LogP contribution in [0.1, 0.15) is 36.3 Å². The summed E-state index contributed by atoms with van der Waals surface area (Å²) >= 11 is 0. The van der Waals surface area contributed by atoms with Crippen molar-refractivity contribution in [2.75, 3.05) is 51.3 Å². The molecule has 1 unspecified atom stereocenters. The van der Waals surface area contributed by atoms with Gasteiger partial charge in [-0.05, 0) is 42.5 Å². The van der Waals surface area contributed by atoms with E-state index in [1.807, 2.05) is 6.07 Å². The molecular weight excluding hydrogens is 402 g/mol. The standard InChI is InChI=1S/C26H31N3O3/c1-32-25(31)28-17-15-27(16-18-28)23-9-7-22(8-10-23)26(12-13-26)24(30)29-14-11-21(19-29)20-5-3-2-4-6-20/h2-10,21H,11-19H2,1H3. The van der Waals surface area contributed by atoms with Crippen molar-refractivity contribution in [3.8, 4) is 0 Å². The molecule has 6 heteroatoms. The fourth-order valence-corrected chi connectivity index (χ4v) is 5.26. The molecule has 2 amide bonds. The van der Waals surface area contributed by atoms with Gasteiger partial charge in [0.05, 0.1) is 12.5 Å². The summed E-state index contributed by atoms with van der Waals surface area (Å²) in [6.45, 7) is 4.57. The zero-order chi connectivity index (χ0) is 22.1. The Bertz CT molecular complexity index is 964. The summed E-state index contributed by atoms with van der Waals surface area (Å²) in [5.41, 5.74) is 3.30. The van der Waals surface area contributed by atoms with E-state index in [9.17, 15) is 9.59 Å². The van der Waals surface area contributed by atoms with Gasteiger partial charge in [-0.3, -0.25) is 4.79 Å². The second-order valence-electron chi connectivity index (χ2n) is 9.22. The first-order valence-corrected chi connectivity index (χ1v) is 11.6. The predicted octanol–water partition coefficient (Wildman–Crippen LogP) is 3.62. The van der Waals surface area contributed by atoms with Crippen molar-refractivity contribution in [1.82, 2.24) is 9.80 Å². The molecule has 2 saturated heterocycles. The largest absolute Gasteiger partial charge is 0.453 e. The Balaban J connectivity index is 1.23. The second-order valence-corrected chi connectivity index (χ2v) is 9.22. The molecule has 3 fully saturated rings. The Morgan fingerprint density at radius 3 is 2.19 bits per heavy atom. The molecule has 2 heterocycles. The minimum Gasteiger partial charge on any atom is -0.453 e. The van der Waals surface area contributed by atoms with Crippen LogP contribution in [0.25, 0.3) is 0 Å². The van der Waals surface area contributed by atoms with Crippen molar-refractivity contribution >= 4 is 17.7 Å². The van der Waals surface area contributed by atoms with Crippen LogP contribution < -0.4 is 4.90 Å². The van der Waals surface area contributed by atoms with Gasteiger partial charge in [0, 0.05) is 50.9 Å². The van der Waals surface area contributed by atoms with Crippen LogP contribution in [0.15, 0.2) is 54.6 Å². The van der Waals surface area contributed by atoms with Gasteiger partial charge in [-0.25, -0.2) is 4.79 Å². The molecule has 6 nitrogen and oxygen atoms in total. The predicted molar refractivity (Wildman–Crippen MR) is 124 cm³/mol. The Hall–Kier alpha value is -3.02. The first kappa shape index (κ1) is 20.9. The number of hydrogen-bond donors (Lipinski definition) is 0. The number of likely N-dealkylation sites (tertiary alicyclic amines) is 1. The first-order valence-electron chi connectivity index (χ1n) is 11.6. The van der Waals surface area contributed by atoms with Gasteiger partial charge in [0.1, 0.15) is 0 Å². The number of nitrogens with zero attached hydrogens (tertiary/aromatic N) is 3. The van der Waals surface area contributed by atoms with Crippen molar-refractivity contribution in [2.45, 2.75) is 30.6 Å². The summed E-state index contributed by atoms with van der Waals surface area (Å²) in [7, 11) is 1.42. The molecule has 2 aromatic rings. The van der Waals surface area contributed by atoms with E-state index in [1.54, 1.807) is 4.90 Å². The molecule has 3 aliphatic rings. The molecule has 1 atom stereocenters. The summed E-state index contributed by atoms with van der Waals surface area (Å²) in [4.78, 5) is 31.3. The van der Waals surface area contributed by atoms with Crippen molar-refractivity contribution in [1.29, 1.82) is 0 Å². The van der Waals surface area contributed by atoms with E-state index in [4.69, 9.17) is 4.74 Å². The quantitative estimate of drug-likeness (QED) is 0.739. The Morgan fingerprint density at radius 2 is 1.56 bits per heavy atom. The number of amides is 2. The number of anilines is 1. The zero-order valence-electron chi connectivity index (χ0n) is 18.7. The van der Waals surface area contributed by atoms with Crippen LogP contribution in [0.5, 0.6) is 0 Å². The minimum atomic E-state index is -0.326. The number of rotatable bonds is 4. The number of hydrogen-bond acceptors (Lipinski definition) is 4. The highest BCUT2D eigenvalue weighted by atomic mass is 16.5. The number of ether oxygens (including phenoxy) is 1. The lowest BCUT2D eigenvalue weighted by molar-refractivity contribution is -0.132. The van der Waals surface area contributed by atoms with Gasteiger partial charge in [0.25, 0.3) is 0 Å². The summed E-state index contributed by atoms with van der Waals surface area (Å²) < 4.78 is 4.82. The van der Waals surface area contributed by atoms with Gasteiger partial charge in [-0.1, -0.05) is 42.5 Å². The van der Waals surface area contributed by atoms with Crippen LogP contribution in [-0.2, 0) is 14.9 Å². The monoisotopic (exact) mass is 433 g/mol. The summed E-state index contributed by atoms with van der Waals surface area (Å²) in [6, 6.07) is 19.1. The summed E-state index contributed by atoms with van der Waals surface area (Å²) in [5, 5.41) is 0. The maximum atomic E-state index is 13.5. The van der Waals surface area contributed by atoms with E-state index in [0.717, 1.165) is 56.7 Å². The van der Waals surface area contributed by atoms with E-state index in [-0.39, 0.29) is 11.5 Å². The Labute approximate surface area is 189 Å². The van der Waals surface area contributed by atoms with Gasteiger partial charge in [0.2, 0.25) is 5.91 Å². The molecule has 0 bridgehead atoms. The number of carbonyl (C=O) groups is 2. The van der Waals surface area contributed by atoms with E-state index in [2.05, 4.69) is 58.3 Å². The Morgan fingerprint density at radius 1 is 0.875 bits per heavy atom. The molecule has 1 aliphatic carbocycles. The average Bonchev–Trinajstić information content (AvgIpc) is 3.53. The minimum absolute atomic E-state index is 0.259. The van der Waals surface area contributed by atoms with Crippen molar-refractivity contribution in [3.05, 3.63) is 65.7 Å². The van der Waals surface area contributed by atoms with Crippen LogP contribution in [0.2, 0.25) is 0 Å². The number of piperazine rings is 1. The average molecular weight is 434 g/mol. The highest BCUT2D eigenvalue weighted by Crippen LogP contribution is 2.50. The molecule has 0 spiro atoms. The third kappa shape index (κ3) is 3.83. The fourth-order valence-electron chi connectivity index (χ4n) is 5.26. The normalized spacial score (nSPS) is 22.0. The lowest BCUT2D eigenvalue weighted by atomic mass is 9.93. The third-order valence-corrected chi connectivity index (χ3v) is 7.40. The van der Waals surface area contributed by atoms with Crippen LogP contribution in [0.3, 0.4) is 0 Å². The lowest BCUT2D eigenvalue weighted by Gasteiger charge is -2.35. The van der Waals surface area contributed by atoms with Crippen molar-refractivity contribution in [2.24, 2.45) is 0 Å². The zero-order valence-corrected chi connectivity index (χ0v) is 18.7. The van der Waals surface area contributed by atoms with Crippen LogP contribution in [0.4, 0.5) is 10.5 Å². The summed E-state index contributed by atoms with van der Waals surface area (Å²) in [5.74, 6) is 0.748. The molecule has 2 aliphatic heterocycles. The van der Waals surface area contributed by atoms with E-state index < -0.39 is 0 Å². The molecule has 1 saturated carbocycles.